The van der Waals surface area contributed by atoms with E-state index in [1.807, 2.05) is 0 Å². The van der Waals surface area contributed by atoms with E-state index in [2.05, 4.69) is 22.6 Å². The molecule has 0 spiro atoms. The highest BCUT2D eigenvalue weighted by molar-refractivity contribution is 6.00. The standard InChI is InChI=1S/C12H21N3O2/c1-15-7-3-2-4-9(15)8-13-10-5-6-11(16)14-12(10)17/h9-10,13H,2-8H2,1H3,(H,14,16,17). The summed E-state index contributed by atoms with van der Waals surface area (Å²) in [6.07, 6.45) is 4.80. The smallest absolute Gasteiger partial charge is 0.243 e. The first-order valence-electron chi connectivity index (χ1n) is 6.44. The van der Waals surface area contributed by atoms with E-state index in [1.54, 1.807) is 0 Å². The lowest BCUT2D eigenvalue weighted by Gasteiger charge is -2.34. The normalized spacial score (nSPS) is 31.4. The number of nitrogens with one attached hydrogen (secondary N) is 2. The molecule has 2 fully saturated rings. The van der Waals surface area contributed by atoms with Gasteiger partial charge >= 0.3 is 0 Å². The summed E-state index contributed by atoms with van der Waals surface area (Å²) < 4.78 is 0. The molecular formula is C12H21N3O2. The number of imide groups is 1. The lowest BCUT2D eigenvalue weighted by Crippen LogP contribution is -2.54. The van der Waals surface area contributed by atoms with Gasteiger partial charge in [0, 0.05) is 19.0 Å². The second-order valence-electron chi connectivity index (χ2n) is 5.04. The van der Waals surface area contributed by atoms with Crippen molar-refractivity contribution in [1.82, 2.24) is 15.5 Å². The predicted molar refractivity (Wildman–Crippen MR) is 64.4 cm³/mol. The Hall–Kier alpha value is -0.940. The number of likely N-dealkylation sites (tertiary alicyclic amines) is 1. The zero-order chi connectivity index (χ0) is 12.3. The van der Waals surface area contributed by atoms with E-state index in [-0.39, 0.29) is 17.9 Å². The van der Waals surface area contributed by atoms with E-state index >= 15 is 0 Å². The number of likely N-dealkylation sites (N-methyl/N-ethyl adjacent to an activating group) is 1. The van der Waals surface area contributed by atoms with Gasteiger partial charge in [0.25, 0.3) is 0 Å². The highest BCUT2D eigenvalue weighted by Crippen LogP contribution is 2.14. The second kappa shape index (κ2) is 5.60. The van der Waals surface area contributed by atoms with Gasteiger partial charge in [0.05, 0.1) is 6.04 Å². The number of carbonyl (C=O) groups excluding carboxylic acids is 2. The van der Waals surface area contributed by atoms with Gasteiger partial charge in [0.15, 0.2) is 0 Å². The maximum absolute atomic E-state index is 11.6. The summed E-state index contributed by atoms with van der Waals surface area (Å²) in [6, 6.07) is 0.331. The molecule has 2 amide bonds. The minimum atomic E-state index is -0.192. The maximum Gasteiger partial charge on any atom is 0.243 e. The molecule has 17 heavy (non-hydrogen) atoms. The summed E-state index contributed by atoms with van der Waals surface area (Å²) in [5.41, 5.74) is 0. The van der Waals surface area contributed by atoms with Gasteiger partial charge in [-0.1, -0.05) is 6.42 Å². The van der Waals surface area contributed by atoms with Gasteiger partial charge in [0.1, 0.15) is 0 Å². The van der Waals surface area contributed by atoms with Crippen LogP contribution in [-0.2, 0) is 9.59 Å². The third kappa shape index (κ3) is 3.26. The number of hydrogen-bond donors (Lipinski definition) is 2. The number of piperidine rings is 2. The van der Waals surface area contributed by atoms with Crippen LogP contribution in [0.2, 0.25) is 0 Å². The fraction of sp³-hybridized carbons (Fsp3) is 0.833. The monoisotopic (exact) mass is 239 g/mol. The van der Waals surface area contributed by atoms with E-state index in [9.17, 15) is 9.59 Å². The molecule has 96 valence electrons. The van der Waals surface area contributed by atoms with Crippen LogP contribution in [0.3, 0.4) is 0 Å². The van der Waals surface area contributed by atoms with Crippen LogP contribution in [0.1, 0.15) is 32.1 Å². The van der Waals surface area contributed by atoms with Gasteiger partial charge in [-0.3, -0.25) is 14.9 Å². The van der Waals surface area contributed by atoms with Crippen LogP contribution >= 0.6 is 0 Å². The third-order valence-electron chi connectivity index (χ3n) is 3.76. The Morgan fingerprint density at radius 1 is 1.35 bits per heavy atom. The zero-order valence-corrected chi connectivity index (χ0v) is 10.4. The first-order chi connectivity index (χ1) is 8.16. The fourth-order valence-corrected chi connectivity index (χ4v) is 2.57. The van der Waals surface area contributed by atoms with Crippen molar-refractivity contribution in [2.24, 2.45) is 0 Å². The minimum Gasteiger partial charge on any atom is -0.304 e. The molecule has 0 aromatic carbocycles. The SMILES string of the molecule is CN1CCCCC1CNC1CCC(=O)NC1=O. The van der Waals surface area contributed by atoms with Gasteiger partial charge in [-0.05, 0) is 32.9 Å². The van der Waals surface area contributed by atoms with E-state index in [0.717, 1.165) is 13.1 Å². The van der Waals surface area contributed by atoms with Crippen molar-refractivity contribution in [1.29, 1.82) is 0 Å². The molecule has 0 aromatic heterocycles. The lowest BCUT2D eigenvalue weighted by molar-refractivity contribution is -0.134. The Bertz CT molecular complexity index is 306. The molecule has 2 atom stereocenters. The highest BCUT2D eigenvalue weighted by Gasteiger charge is 2.27. The Kier molecular flexibility index (Phi) is 4.12. The van der Waals surface area contributed by atoms with E-state index < -0.39 is 0 Å². The van der Waals surface area contributed by atoms with Crippen LogP contribution in [0.25, 0.3) is 0 Å². The van der Waals surface area contributed by atoms with Crippen LogP contribution in [0, 0.1) is 0 Å². The van der Waals surface area contributed by atoms with Crippen molar-refractivity contribution in [3.8, 4) is 0 Å². The van der Waals surface area contributed by atoms with Crippen molar-refractivity contribution in [2.75, 3.05) is 20.1 Å². The molecule has 0 bridgehead atoms. The van der Waals surface area contributed by atoms with Crippen molar-refractivity contribution in [3.63, 3.8) is 0 Å². The molecule has 0 aromatic rings. The minimum absolute atomic E-state index is 0.150. The zero-order valence-electron chi connectivity index (χ0n) is 10.4. The molecule has 2 heterocycles. The van der Waals surface area contributed by atoms with Crippen molar-refractivity contribution < 1.29 is 9.59 Å². The van der Waals surface area contributed by atoms with Crippen molar-refractivity contribution in [3.05, 3.63) is 0 Å². The molecule has 2 N–H and O–H groups in total. The fourth-order valence-electron chi connectivity index (χ4n) is 2.57. The van der Waals surface area contributed by atoms with E-state index in [0.29, 0.717) is 18.9 Å². The Balaban J connectivity index is 1.77. The topological polar surface area (TPSA) is 61.4 Å². The van der Waals surface area contributed by atoms with Crippen LogP contribution in [0.15, 0.2) is 0 Å². The summed E-state index contributed by atoms with van der Waals surface area (Å²) in [7, 11) is 2.13. The molecule has 0 saturated carbocycles. The van der Waals surface area contributed by atoms with Gasteiger partial charge in [-0.2, -0.15) is 0 Å². The van der Waals surface area contributed by atoms with Crippen LogP contribution in [0.4, 0.5) is 0 Å². The molecular weight excluding hydrogens is 218 g/mol. The summed E-state index contributed by atoms with van der Waals surface area (Å²) >= 11 is 0. The van der Waals surface area contributed by atoms with E-state index in [4.69, 9.17) is 0 Å². The number of carbonyl (C=O) groups is 2. The van der Waals surface area contributed by atoms with Crippen molar-refractivity contribution >= 4 is 11.8 Å². The van der Waals surface area contributed by atoms with Crippen LogP contribution < -0.4 is 10.6 Å². The number of amides is 2. The molecule has 2 rings (SSSR count). The molecule has 2 aliphatic heterocycles. The largest absolute Gasteiger partial charge is 0.304 e. The first-order valence-corrected chi connectivity index (χ1v) is 6.44. The molecule has 2 aliphatic rings. The maximum atomic E-state index is 11.6. The predicted octanol–water partition coefficient (Wildman–Crippen LogP) is -0.134. The second-order valence-corrected chi connectivity index (χ2v) is 5.04. The van der Waals surface area contributed by atoms with Crippen molar-refractivity contribution in [2.45, 2.75) is 44.2 Å². The highest BCUT2D eigenvalue weighted by atomic mass is 16.2. The number of hydrogen-bond acceptors (Lipinski definition) is 4. The Morgan fingerprint density at radius 3 is 2.88 bits per heavy atom. The Labute approximate surface area is 102 Å². The summed E-state index contributed by atoms with van der Waals surface area (Å²) in [5, 5.41) is 5.66. The molecule has 2 unspecified atom stereocenters. The Morgan fingerprint density at radius 2 is 2.18 bits per heavy atom. The molecule has 0 aliphatic carbocycles. The third-order valence-corrected chi connectivity index (χ3v) is 3.76. The summed E-state index contributed by atoms with van der Waals surface area (Å²) in [4.78, 5) is 24.9. The van der Waals surface area contributed by atoms with Gasteiger partial charge < -0.3 is 10.2 Å². The van der Waals surface area contributed by atoms with Gasteiger partial charge in [-0.25, -0.2) is 0 Å². The molecule has 2 saturated heterocycles. The number of rotatable bonds is 3. The lowest BCUT2D eigenvalue weighted by atomic mass is 10.0. The van der Waals surface area contributed by atoms with Gasteiger partial charge in [0.2, 0.25) is 11.8 Å². The molecule has 0 radical (unpaired) electrons. The van der Waals surface area contributed by atoms with Crippen LogP contribution in [-0.4, -0.2) is 48.9 Å². The molecule has 5 nitrogen and oxygen atoms in total. The first kappa shape index (κ1) is 12.5. The average molecular weight is 239 g/mol. The number of nitrogens with zero attached hydrogens (tertiary/aromatic N) is 1. The summed E-state index contributed by atoms with van der Waals surface area (Å²) in [6.45, 7) is 1.98. The summed E-state index contributed by atoms with van der Waals surface area (Å²) in [5.74, 6) is -0.317. The van der Waals surface area contributed by atoms with Gasteiger partial charge in [-0.15, -0.1) is 0 Å². The van der Waals surface area contributed by atoms with E-state index in [1.165, 1.54) is 19.3 Å². The molecule has 5 heteroatoms. The van der Waals surface area contributed by atoms with Crippen LogP contribution in [0.5, 0.6) is 0 Å². The quantitative estimate of drug-likeness (QED) is 0.673. The average Bonchev–Trinajstić information content (AvgIpc) is 2.30.